The van der Waals surface area contributed by atoms with Crippen LogP contribution in [-0.2, 0) is 10.0 Å². The van der Waals surface area contributed by atoms with E-state index < -0.39 is 10.0 Å². The molecule has 2 heterocycles. The summed E-state index contributed by atoms with van der Waals surface area (Å²) < 4.78 is 26.6. The van der Waals surface area contributed by atoms with E-state index in [4.69, 9.17) is 0 Å². The smallest absolute Gasteiger partial charge is 0.242 e. The predicted molar refractivity (Wildman–Crippen MR) is 102 cm³/mol. The van der Waals surface area contributed by atoms with E-state index in [0.717, 1.165) is 25.6 Å². The van der Waals surface area contributed by atoms with Crippen molar-refractivity contribution in [3.63, 3.8) is 0 Å². The Kier molecular flexibility index (Phi) is 8.77. The van der Waals surface area contributed by atoms with Gasteiger partial charge >= 0.3 is 0 Å². The average Bonchev–Trinajstić information content (AvgIpc) is 3.05. The lowest BCUT2D eigenvalue weighted by Crippen LogP contribution is -2.40. The van der Waals surface area contributed by atoms with E-state index in [2.05, 4.69) is 24.9 Å². The summed E-state index contributed by atoms with van der Waals surface area (Å²) in [5, 5.41) is 3.24. The molecule has 1 aromatic rings. The van der Waals surface area contributed by atoms with Crippen LogP contribution in [0.4, 0.5) is 0 Å². The third-order valence-electron chi connectivity index (χ3n) is 3.35. The highest BCUT2D eigenvalue weighted by Crippen LogP contribution is 2.07. The van der Waals surface area contributed by atoms with Crippen LogP contribution in [0.1, 0.15) is 19.8 Å². The summed E-state index contributed by atoms with van der Waals surface area (Å²) in [4.78, 5) is 10.7. The number of rotatable bonds is 6. The van der Waals surface area contributed by atoms with Gasteiger partial charge in [0.05, 0.1) is 6.54 Å². The number of sulfonamides is 1. The molecule has 1 saturated heterocycles. The Morgan fingerprint density at radius 1 is 1.39 bits per heavy atom. The van der Waals surface area contributed by atoms with E-state index in [1.54, 1.807) is 12.3 Å². The molecule has 1 aromatic heterocycles. The van der Waals surface area contributed by atoms with Gasteiger partial charge in [0.1, 0.15) is 4.90 Å². The standard InChI is InChI=1S/C14H23N5O2S.HI/c1-2-16-14(19-10-3-4-11-19)17-8-9-18-22(20,21)13-6-5-7-15-12-13;/h5-7,12,18H,2-4,8-11H2,1H3,(H,16,17);1H. The molecule has 0 radical (unpaired) electrons. The van der Waals surface area contributed by atoms with Crippen LogP contribution in [-0.4, -0.2) is 57.0 Å². The maximum absolute atomic E-state index is 12.0. The molecule has 2 rings (SSSR count). The number of hydrogen-bond donors (Lipinski definition) is 2. The molecule has 1 aliphatic rings. The maximum atomic E-state index is 12.0. The lowest BCUT2D eigenvalue weighted by Gasteiger charge is -2.20. The highest BCUT2D eigenvalue weighted by molar-refractivity contribution is 14.0. The molecule has 23 heavy (non-hydrogen) atoms. The molecule has 0 unspecified atom stereocenters. The Hall–Kier alpha value is -0.940. The molecule has 1 aliphatic heterocycles. The fourth-order valence-electron chi connectivity index (χ4n) is 2.29. The molecular weight excluding hydrogens is 429 g/mol. The van der Waals surface area contributed by atoms with Gasteiger partial charge in [0.15, 0.2) is 5.96 Å². The maximum Gasteiger partial charge on any atom is 0.242 e. The monoisotopic (exact) mass is 453 g/mol. The first-order valence-electron chi connectivity index (χ1n) is 7.56. The minimum absolute atomic E-state index is 0. The quantitative estimate of drug-likeness (QED) is 0.291. The summed E-state index contributed by atoms with van der Waals surface area (Å²) in [5.74, 6) is 0.862. The molecular formula is C14H24IN5O2S. The summed E-state index contributed by atoms with van der Waals surface area (Å²) in [6, 6.07) is 3.12. The van der Waals surface area contributed by atoms with E-state index in [1.807, 2.05) is 6.92 Å². The minimum atomic E-state index is -3.51. The summed E-state index contributed by atoms with van der Waals surface area (Å²) in [5.41, 5.74) is 0. The van der Waals surface area contributed by atoms with Crippen molar-refractivity contribution in [2.45, 2.75) is 24.7 Å². The lowest BCUT2D eigenvalue weighted by atomic mass is 10.4. The number of nitrogens with one attached hydrogen (secondary N) is 2. The predicted octanol–water partition coefficient (Wildman–Crippen LogP) is 1.04. The van der Waals surface area contributed by atoms with Crippen LogP contribution >= 0.6 is 24.0 Å². The molecule has 2 N–H and O–H groups in total. The zero-order chi connectivity index (χ0) is 15.8. The normalized spacial score (nSPS) is 15.3. The zero-order valence-electron chi connectivity index (χ0n) is 13.2. The summed E-state index contributed by atoms with van der Waals surface area (Å²) in [6.45, 7) is 5.51. The van der Waals surface area contributed by atoms with Gasteiger partial charge < -0.3 is 10.2 Å². The molecule has 0 aliphatic carbocycles. The number of guanidine groups is 1. The zero-order valence-corrected chi connectivity index (χ0v) is 16.4. The number of pyridine rings is 1. The van der Waals surface area contributed by atoms with E-state index >= 15 is 0 Å². The largest absolute Gasteiger partial charge is 0.357 e. The number of halogens is 1. The summed E-state index contributed by atoms with van der Waals surface area (Å²) in [6.07, 6.45) is 5.23. The first-order valence-corrected chi connectivity index (χ1v) is 9.05. The third kappa shape index (κ3) is 6.22. The van der Waals surface area contributed by atoms with Gasteiger partial charge in [-0.15, -0.1) is 24.0 Å². The van der Waals surface area contributed by atoms with Crippen LogP contribution < -0.4 is 10.0 Å². The van der Waals surface area contributed by atoms with Gasteiger partial charge in [-0.25, -0.2) is 13.1 Å². The van der Waals surface area contributed by atoms with Crippen molar-refractivity contribution >= 4 is 40.0 Å². The molecule has 7 nitrogen and oxygen atoms in total. The van der Waals surface area contributed by atoms with Gasteiger partial charge in [-0.05, 0) is 31.9 Å². The Morgan fingerprint density at radius 3 is 2.74 bits per heavy atom. The second-order valence-corrected chi connectivity index (χ2v) is 6.78. The topological polar surface area (TPSA) is 86.7 Å². The van der Waals surface area contributed by atoms with Crippen LogP contribution in [0.5, 0.6) is 0 Å². The van der Waals surface area contributed by atoms with Crippen molar-refractivity contribution in [1.29, 1.82) is 0 Å². The van der Waals surface area contributed by atoms with Gasteiger partial charge in [0.25, 0.3) is 0 Å². The van der Waals surface area contributed by atoms with Crippen molar-refractivity contribution < 1.29 is 8.42 Å². The summed E-state index contributed by atoms with van der Waals surface area (Å²) >= 11 is 0. The highest BCUT2D eigenvalue weighted by atomic mass is 127. The molecule has 0 spiro atoms. The van der Waals surface area contributed by atoms with Crippen LogP contribution in [0.2, 0.25) is 0 Å². The minimum Gasteiger partial charge on any atom is -0.357 e. The van der Waals surface area contributed by atoms with Crippen molar-refractivity contribution in [2.75, 3.05) is 32.7 Å². The van der Waals surface area contributed by atoms with E-state index in [9.17, 15) is 8.42 Å². The molecule has 0 amide bonds. The van der Waals surface area contributed by atoms with Crippen LogP contribution in [0.3, 0.4) is 0 Å². The molecule has 130 valence electrons. The van der Waals surface area contributed by atoms with Gasteiger partial charge in [-0.3, -0.25) is 9.98 Å². The highest BCUT2D eigenvalue weighted by Gasteiger charge is 2.16. The number of aliphatic imine (C=N–C) groups is 1. The number of likely N-dealkylation sites (tertiary alicyclic amines) is 1. The second kappa shape index (κ2) is 10.0. The Morgan fingerprint density at radius 2 is 2.13 bits per heavy atom. The number of aromatic nitrogens is 1. The Bertz CT molecular complexity index is 588. The van der Waals surface area contributed by atoms with Gasteiger partial charge in [-0.2, -0.15) is 0 Å². The number of hydrogen-bond acceptors (Lipinski definition) is 4. The number of nitrogens with zero attached hydrogens (tertiary/aromatic N) is 3. The van der Waals surface area contributed by atoms with E-state index in [-0.39, 0.29) is 35.4 Å². The van der Waals surface area contributed by atoms with Crippen LogP contribution in [0, 0.1) is 0 Å². The van der Waals surface area contributed by atoms with Crippen LogP contribution in [0.25, 0.3) is 0 Å². The molecule has 0 aromatic carbocycles. The summed E-state index contributed by atoms with van der Waals surface area (Å²) in [7, 11) is -3.51. The average molecular weight is 453 g/mol. The lowest BCUT2D eigenvalue weighted by molar-refractivity contribution is 0.493. The first-order chi connectivity index (χ1) is 10.6. The van der Waals surface area contributed by atoms with Crippen molar-refractivity contribution in [3.05, 3.63) is 24.5 Å². The fourth-order valence-corrected chi connectivity index (χ4v) is 3.27. The molecule has 0 bridgehead atoms. The van der Waals surface area contributed by atoms with E-state index in [0.29, 0.717) is 6.54 Å². The van der Waals surface area contributed by atoms with Gasteiger partial charge in [0.2, 0.25) is 10.0 Å². The van der Waals surface area contributed by atoms with Crippen LogP contribution in [0.15, 0.2) is 34.4 Å². The van der Waals surface area contributed by atoms with Crippen molar-refractivity contribution in [1.82, 2.24) is 19.9 Å². The van der Waals surface area contributed by atoms with Crippen molar-refractivity contribution in [3.8, 4) is 0 Å². The first kappa shape index (κ1) is 20.1. The fraction of sp³-hybridized carbons (Fsp3) is 0.571. The molecule has 1 fully saturated rings. The third-order valence-corrected chi connectivity index (χ3v) is 4.80. The molecule has 9 heteroatoms. The second-order valence-electron chi connectivity index (χ2n) is 5.02. The van der Waals surface area contributed by atoms with E-state index in [1.165, 1.54) is 25.1 Å². The van der Waals surface area contributed by atoms with Gasteiger partial charge in [0, 0.05) is 38.6 Å². The van der Waals surface area contributed by atoms with Gasteiger partial charge in [-0.1, -0.05) is 0 Å². The molecule has 0 saturated carbocycles. The molecule has 0 atom stereocenters. The Balaban J connectivity index is 0.00000264. The Labute approximate surface area is 155 Å². The van der Waals surface area contributed by atoms with Crippen molar-refractivity contribution in [2.24, 2.45) is 4.99 Å². The SMILES string of the molecule is CCNC(=NCCNS(=O)(=O)c1cccnc1)N1CCCC1.I.